The highest BCUT2D eigenvalue weighted by atomic mass is 16.2. The lowest BCUT2D eigenvalue weighted by molar-refractivity contribution is -0.139. The number of nitrogens with zero attached hydrogens (tertiary/aromatic N) is 3. The average Bonchev–Trinajstić information content (AvgIpc) is 2.77. The van der Waals surface area contributed by atoms with E-state index in [-0.39, 0.29) is 17.9 Å². The minimum Gasteiger partial charge on any atom is -0.342 e. The second-order valence-electron chi connectivity index (χ2n) is 9.14. The number of piperidine rings is 1. The summed E-state index contributed by atoms with van der Waals surface area (Å²) in [6.07, 6.45) is 10.0. The molecule has 1 aliphatic heterocycles. The molecule has 0 saturated carbocycles. The van der Waals surface area contributed by atoms with Crippen molar-refractivity contribution in [3.05, 3.63) is 48.0 Å². The van der Waals surface area contributed by atoms with E-state index < -0.39 is 0 Å². The number of rotatable bonds is 7. The van der Waals surface area contributed by atoms with Gasteiger partial charge in [-0.15, -0.1) is 0 Å². The fraction of sp³-hybridized carbons (Fsp3) is 0.600. The Bertz CT molecular complexity index is 723. The van der Waals surface area contributed by atoms with Gasteiger partial charge >= 0.3 is 0 Å². The Kier molecular flexibility index (Phi) is 8.08. The lowest BCUT2D eigenvalue weighted by Gasteiger charge is -2.41. The monoisotopic (exact) mass is 411 g/mol. The summed E-state index contributed by atoms with van der Waals surface area (Å²) in [7, 11) is 5.82. The van der Waals surface area contributed by atoms with Crippen LogP contribution in [0.25, 0.3) is 0 Å². The number of carbonyl (C=O) groups is 2. The zero-order chi connectivity index (χ0) is 21.5. The van der Waals surface area contributed by atoms with Gasteiger partial charge in [0.05, 0.1) is 6.54 Å². The fourth-order valence-corrected chi connectivity index (χ4v) is 4.82. The van der Waals surface area contributed by atoms with E-state index in [0.717, 1.165) is 51.6 Å². The molecule has 1 saturated heterocycles. The molecule has 2 atom stereocenters. The first-order valence-corrected chi connectivity index (χ1v) is 11.3. The molecule has 5 heteroatoms. The first-order valence-electron chi connectivity index (χ1n) is 11.3. The molecule has 1 aromatic rings. The van der Waals surface area contributed by atoms with Crippen LogP contribution in [0.15, 0.2) is 42.5 Å². The summed E-state index contributed by atoms with van der Waals surface area (Å²) in [5, 5.41) is 0. The van der Waals surface area contributed by atoms with E-state index in [1.807, 2.05) is 37.0 Å². The predicted molar refractivity (Wildman–Crippen MR) is 121 cm³/mol. The van der Waals surface area contributed by atoms with Gasteiger partial charge in [-0.25, -0.2) is 0 Å². The van der Waals surface area contributed by atoms with Gasteiger partial charge in [0.25, 0.3) is 0 Å². The fourth-order valence-electron chi connectivity index (χ4n) is 4.82. The normalized spacial score (nSPS) is 20.9. The summed E-state index contributed by atoms with van der Waals surface area (Å²) in [6, 6.07) is 10.6. The van der Waals surface area contributed by atoms with Crippen LogP contribution < -0.4 is 0 Å². The van der Waals surface area contributed by atoms with Crippen molar-refractivity contribution in [2.75, 3.05) is 40.8 Å². The van der Waals surface area contributed by atoms with Crippen LogP contribution >= 0.6 is 0 Å². The highest BCUT2D eigenvalue weighted by Gasteiger charge is 2.34. The van der Waals surface area contributed by atoms with Crippen molar-refractivity contribution >= 4 is 11.8 Å². The Morgan fingerprint density at radius 2 is 1.73 bits per heavy atom. The molecule has 0 spiro atoms. The first-order chi connectivity index (χ1) is 14.5. The Morgan fingerprint density at radius 1 is 1.03 bits per heavy atom. The molecule has 164 valence electrons. The van der Waals surface area contributed by atoms with Crippen molar-refractivity contribution in [1.82, 2.24) is 14.7 Å². The highest BCUT2D eigenvalue weighted by molar-refractivity contribution is 5.79. The Morgan fingerprint density at radius 3 is 2.33 bits per heavy atom. The molecule has 1 fully saturated rings. The molecule has 1 aromatic carbocycles. The van der Waals surface area contributed by atoms with E-state index in [1.165, 1.54) is 5.56 Å². The maximum absolute atomic E-state index is 12.9. The molecule has 1 aliphatic carbocycles. The van der Waals surface area contributed by atoms with Crippen LogP contribution in [0, 0.1) is 11.8 Å². The van der Waals surface area contributed by atoms with Crippen molar-refractivity contribution in [2.45, 2.75) is 44.6 Å². The standard InChI is InChI=1S/C25H37N3O2/c1-26(2)19-24(29)27(3)23(18-20-10-6-4-7-11-20)21-14-16-28(17-15-21)25(30)22-12-8-5-9-13-22/h4-8,10-11,21-23H,9,12-19H2,1-3H3/t22-,23+/m0/s1. The largest absolute Gasteiger partial charge is 0.342 e. The number of likely N-dealkylation sites (tertiary alicyclic amines) is 1. The van der Waals surface area contributed by atoms with Gasteiger partial charge in [0, 0.05) is 32.1 Å². The van der Waals surface area contributed by atoms with Crippen molar-refractivity contribution < 1.29 is 9.59 Å². The maximum Gasteiger partial charge on any atom is 0.236 e. The van der Waals surface area contributed by atoms with Gasteiger partial charge in [0.2, 0.25) is 11.8 Å². The van der Waals surface area contributed by atoms with E-state index in [2.05, 4.69) is 41.3 Å². The molecule has 0 bridgehead atoms. The van der Waals surface area contributed by atoms with Crippen molar-refractivity contribution in [3.8, 4) is 0 Å². The molecule has 3 rings (SSSR count). The highest BCUT2D eigenvalue weighted by Crippen LogP contribution is 2.29. The van der Waals surface area contributed by atoms with Crippen LogP contribution in [-0.2, 0) is 16.0 Å². The quantitative estimate of drug-likeness (QED) is 0.647. The third-order valence-electron chi connectivity index (χ3n) is 6.64. The van der Waals surface area contributed by atoms with E-state index in [1.54, 1.807) is 0 Å². The zero-order valence-electron chi connectivity index (χ0n) is 18.8. The van der Waals surface area contributed by atoms with Crippen LogP contribution in [0.4, 0.5) is 0 Å². The third-order valence-corrected chi connectivity index (χ3v) is 6.64. The molecule has 0 aromatic heterocycles. The molecular formula is C25H37N3O2. The Hall–Kier alpha value is -2.14. The molecular weight excluding hydrogens is 374 g/mol. The predicted octanol–water partition coefficient (Wildman–Crippen LogP) is 3.21. The van der Waals surface area contributed by atoms with Crippen LogP contribution in [-0.4, -0.2) is 73.3 Å². The molecule has 0 N–H and O–H groups in total. The first kappa shape index (κ1) is 22.5. The summed E-state index contributed by atoms with van der Waals surface area (Å²) in [5.41, 5.74) is 1.26. The van der Waals surface area contributed by atoms with Crippen molar-refractivity contribution in [1.29, 1.82) is 0 Å². The summed E-state index contributed by atoms with van der Waals surface area (Å²) < 4.78 is 0. The summed E-state index contributed by atoms with van der Waals surface area (Å²) in [4.78, 5) is 31.7. The SMILES string of the molecule is CN(C)CC(=O)N(C)[C@H](Cc1ccccc1)C1CCN(C(=O)[C@H]2CC=CCC2)CC1. The van der Waals surface area contributed by atoms with E-state index in [0.29, 0.717) is 18.4 Å². The molecule has 5 nitrogen and oxygen atoms in total. The van der Waals surface area contributed by atoms with Gasteiger partial charge in [0.15, 0.2) is 0 Å². The average molecular weight is 412 g/mol. The Balaban J connectivity index is 1.65. The van der Waals surface area contributed by atoms with Gasteiger partial charge in [-0.05, 0) is 64.1 Å². The minimum atomic E-state index is 0.161. The number of benzene rings is 1. The van der Waals surface area contributed by atoms with Gasteiger partial charge in [-0.2, -0.15) is 0 Å². The number of carbonyl (C=O) groups excluding carboxylic acids is 2. The number of hydrogen-bond donors (Lipinski definition) is 0. The number of likely N-dealkylation sites (N-methyl/N-ethyl adjacent to an activating group) is 2. The number of amides is 2. The second-order valence-corrected chi connectivity index (χ2v) is 9.14. The number of allylic oxidation sites excluding steroid dienone is 2. The van der Waals surface area contributed by atoms with Gasteiger partial charge in [-0.3, -0.25) is 9.59 Å². The van der Waals surface area contributed by atoms with Crippen LogP contribution in [0.2, 0.25) is 0 Å². The molecule has 2 amide bonds. The van der Waals surface area contributed by atoms with Crippen molar-refractivity contribution in [2.24, 2.45) is 11.8 Å². The summed E-state index contributed by atoms with van der Waals surface area (Å²) in [5.74, 6) is 1.07. The second kappa shape index (κ2) is 10.8. The number of hydrogen-bond acceptors (Lipinski definition) is 3. The van der Waals surface area contributed by atoms with Gasteiger partial charge in [0.1, 0.15) is 0 Å². The van der Waals surface area contributed by atoms with Crippen LogP contribution in [0.3, 0.4) is 0 Å². The van der Waals surface area contributed by atoms with E-state index >= 15 is 0 Å². The third kappa shape index (κ3) is 5.94. The summed E-state index contributed by atoms with van der Waals surface area (Å²) >= 11 is 0. The summed E-state index contributed by atoms with van der Waals surface area (Å²) in [6.45, 7) is 2.05. The zero-order valence-corrected chi connectivity index (χ0v) is 18.8. The van der Waals surface area contributed by atoms with Crippen molar-refractivity contribution in [3.63, 3.8) is 0 Å². The molecule has 2 aliphatic rings. The van der Waals surface area contributed by atoms with Crippen LogP contribution in [0.1, 0.15) is 37.7 Å². The lowest BCUT2D eigenvalue weighted by atomic mass is 9.84. The maximum atomic E-state index is 12.9. The molecule has 0 radical (unpaired) electrons. The molecule has 30 heavy (non-hydrogen) atoms. The topological polar surface area (TPSA) is 43.9 Å². The van der Waals surface area contributed by atoms with E-state index in [9.17, 15) is 9.59 Å². The molecule has 0 unspecified atom stereocenters. The van der Waals surface area contributed by atoms with E-state index in [4.69, 9.17) is 0 Å². The Labute approximate surface area is 181 Å². The minimum absolute atomic E-state index is 0.161. The van der Waals surface area contributed by atoms with Crippen LogP contribution in [0.5, 0.6) is 0 Å². The molecule has 1 heterocycles. The lowest BCUT2D eigenvalue weighted by Crippen LogP contribution is -2.50. The van der Waals surface area contributed by atoms with Gasteiger partial charge < -0.3 is 14.7 Å². The smallest absolute Gasteiger partial charge is 0.236 e. The van der Waals surface area contributed by atoms with Gasteiger partial charge in [-0.1, -0.05) is 42.5 Å².